The van der Waals surface area contributed by atoms with Crippen LogP contribution in [0.15, 0.2) is 54.6 Å². The summed E-state index contributed by atoms with van der Waals surface area (Å²) < 4.78 is 14.2. The van der Waals surface area contributed by atoms with E-state index in [1.807, 2.05) is 30.3 Å². The van der Waals surface area contributed by atoms with Gasteiger partial charge in [0.25, 0.3) is 0 Å². The molecular weight excluding hydrogens is 235 g/mol. The van der Waals surface area contributed by atoms with Crippen LogP contribution < -0.4 is 0 Å². The van der Waals surface area contributed by atoms with E-state index in [0.29, 0.717) is 6.42 Å². The van der Waals surface area contributed by atoms with Gasteiger partial charge >= 0.3 is 0 Å². The molecule has 19 heavy (non-hydrogen) atoms. The van der Waals surface area contributed by atoms with Gasteiger partial charge in [-0.1, -0.05) is 67.4 Å². The summed E-state index contributed by atoms with van der Waals surface area (Å²) in [5.74, 6) is 0.0742. The zero-order valence-electron chi connectivity index (χ0n) is 11.1. The molecule has 98 valence electrons. The maximum absolute atomic E-state index is 14.2. The van der Waals surface area contributed by atoms with E-state index in [2.05, 4.69) is 24.3 Å². The zero-order chi connectivity index (χ0) is 13.1. The largest absolute Gasteiger partial charge is 0.247 e. The van der Waals surface area contributed by atoms with Crippen molar-refractivity contribution in [3.8, 4) is 11.1 Å². The fraction of sp³-hybridized carbons (Fsp3) is 0.333. The van der Waals surface area contributed by atoms with Crippen LogP contribution in [0, 0.1) is 0 Å². The minimum absolute atomic E-state index is 0.0742. The molecule has 0 spiro atoms. The molecule has 1 saturated carbocycles. The van der Waals surface area contributed by atoms with Gasteiger partial charge in [0.05, 0.1) is 0 Å². The minimum atomic E-state index is -0.682. The number of hydrogen-bond donors (Lipinski definition) is 0. The summed E-state index contributed by atoms with van der Waals surface area (Å²) in [6.07, 6.45) is 3.19. The normalized spacial score (nSPS) is 23.2. The molecule has 2 aromatic carbocycles. The van der Waals surface area contributed by atoms with Crippen LogP contribution in [0.1, 0.15) is 37.2 Å². The Hall–Kier alpha value is -1.63. The molecule has 0 nitrogen and oxygen atoms in total. The van der Waals surface area contributed by atoms with Crippen LogP contribution in [0.3, 0.4) is 0 Å². The second kappa shape index (κ2) is 5.56. The lowest BCUT2D eigenvalue weighted by atomic mass is 9.79. The Bertz CT molecular complexity index is 532. The van der Waals surface area contributed by atoms with Crippen molar-refractivity contribution < 1.29 is 4.39 Å². The van der Waals surface area contributed by atoms with Crippen LogP contribution in [-0.4, -0.2) is 6.17 Å². The van der Waals surface area contributed by atoms with Crippen molar-refractivity contribution in [2.24, 2.45) is 0 Å². The second-order valence-electron chi connectivity index (χ2n) is 5.36. The van der Waals surface area contributed by atoms with Gasteiger partial charge in [-0.15, -0.1) is 0 Å². The van der Waals surface area contributed by atoms with Crippen molar-refractivity contribution >= 4 is 0 Å². The highest BCUT2D eigenvalue weighted by Crippen LogP contribution is 2.39. The molecule has 1 aliphatic rings. The molecule has 0 N–H and O–H groups in total. The molecule has 0 amide bonds. The van der Waals surface area contributed by atoms with Crippen LogP contribution in [0.4, 0.5) is 4.39 Å². The lowest BCUT2D eigenvalue weighted by Gasteiger charge is -2.28. The van der Waals surface area contributed by atoms with Crippen molar-refractivity contribution in [3.05, 3.63) is 60.2 Å². The number of benzene rings is 2. The third-order valence-corrected chi connectivity index (χ3v) is 4.13. The number of hydrogen-bond acceptors (Lipinski definition) is 0. The van der Waals surface area contributed by atoms with Gasteiger partial charge in [-0.25, -0.2) is 4.39 Å². The smallest absolute Gasteiger partial charge is 0.107 e. The Morgan fingerprint density at radius 3 is 2.26 bits per heavy atom. The first-order chi connectivity index (χ1) is 9.36. The standard InChI is InChI=1S/C18H19F/c19-18-13-7-6-12-17(18)16-11-5-4-10-15(16)14-8-2-1-3-9-14/h1-5,8-11,17-18H,6-7,12-13H2. The molecule has 0 radical (unpaired) electrons. The summed E-state index contributed by atoms with van der Waals surface area (Å²) in [5, 5.41) is 0. The van der Waals surface area contributed by atoms with E-state index in [0.717, 1.165) is 19.3 Å². The first-order valence-electron chi connectivity index (χ1n) is 7.14. The Morgan fingerprint density at radius 2 is 1.47 bits per heavy atom. The van der Waals surface area contributed by atoms with E-state index in [9.17, 15) is 4.39 Å². The van der Waals surface area contributed by atoms with Gasteiger partial charge in [0.15, 0.2) is 0 Å². The Balaban J connectivity index is 2.02. The monoisotopic (exact) mass is 254 g/mol. The highest BCUT2D eigenvalue weighted by molar-refractivity contribution is 5.68. The zero-order valence-corrected chi connectivity index (χ0v) is 11.1. The molecule has 1 aliphatic carbocycles. The molecule has 2 atom stereocenters. The predicted octanol–water partition coefficient (Wildman–Crippen LogP) is 5.35. The van der Waals surface area contributed by atoms with E-state index in [1.54, 1.807) is 0 Å². The SMILES string of the molecule is FC1CCCCC1c1ccccc1-c1ccccc1. The van der Waals surface area contributed by atoms with Crippen molar-refractivity contribution in [1.82, 2.24) is 0 Å². The van der Waals surface area contributed by atoms with E-state index in [-0.39, 0.29) is 5.92 Å². The predicted molar refractivity (Wildman–Crippen MR) is 78.0 cm³/mol. The summed E-state index contributed by atoms with van der Waals surface area (Å²) in [7, 11) is 0. The second-order valence-corrected chi connectivity index (χ2v) is 5.36. The summed E-state index contributed by atoms with van der Waals surface area (Å²) in [6.45, 7) is 0. The molecule has 2 unspecified atom stereocenters. The third kappa shape index (κ3) is 2.56. The molecule has 1 fully saturated rings. The fourth-order valence-corrected chi connectivity index (χ4v) is 3.14. The average molecular weight is 254 g/mol. The van der Waals surface area contributed by atoms with Gasteiger partial charge in [-0.2, -0.15) is 0 Å². The van der Waals surface area contributed by atoms with Crippen LogP contribution in [0.2, 0.25) is 0 Å². The van der Waals surface area contributed by atoms with E-state index in [4.69, 9.17) is 0 Å². The van der Waals surface area contributed by atoms with Crippen LogP contribution in [0.5, 0.6) is 0 Å². The highest BCUT2D eigenvalue weighted by Gasteiger charge is 2.27. The first-order valence-corrected chi connectivity index (χ1v) is 7.14. The maximum Gasteiger partial charge on any atom is 0.107 e. The first kappa shape index (κ1) is 12.4. The summed E-state index contributed by atoms with van der Waals surface area (Å²) >= 11 is 0. The summed E-state index contributed by atoms with van der Waals surface area (Å²) in [6, 6.07) is 18.6. The topological polar surface area (TPSA) is 0 Å². The Labute approximate surface area is 114 Å². The van der Waals surface area contributed by atoms with Gasteiger partial charge < -0.3 is 0 Å². The lowest BCUT2D eigenvalue weighted by molar-refractivity contribution is 0.216. The molecule has 3 rings (SSSR count). The molecule has 0 heterocycles. The van der Waals surface area contributed by atoms with Gasteiger partial charge in [-0.3, -0.25) is 0 Å². The van der Waals surface area contributed by atoms with E-state index >= 15 is 0 Å². The van der Waals surface area contributed by atoms with Crippen molar-refractivity contribution in [1.29, 1.82) is 0 Å². The molecule has 0 bridgehead atoms. The molecular formula is C18H19F. The van der Waals surface area contributed by atoms with Gasteiger partial charge in [0, 0.05) is 5.92 Å². The van der Waals surface area contributed by atoms with Crippen molar-refractivity contribution in [2.45, 2.75) is 37.8 Å². The van der Waals surface area contributed by atoms with Gasteiger partial charge in [-0.05, 0) is 29.5 Å². The van der Waals surface area contributed by atoms with Gasteiger partial charge in [0.1, 0.15) is 6.17 Å². The average Bonchev–Trinajstić information content (AvgIpc) is 2.49. The molecule has 0 aromatic heterocycles. The van der Waals surface area contributed by atoms with Crippen LogP contribution in [-0.2, 0) is 0 Å². The molecule has 0 saturated heterocycles. The lowest BCUT2D eigenvalue weighted by Crippen LogP contribution is -2.19. The van der Waals surface area contributed by atoms with Crippen molar-refractivity contribution in [2.75, 3.05) is 0 Å². The molecule has 2 aromatic rings. The molecule has 1 heteroatoms. The van der Waals surface area contributed by atoms with Crippen molar-refractivity contribution in [3.63, 3.8) is 0 Å². The van der Waals surface area contributed by atoms with Crippen LogP contribution >= 0.6 is 0 Å². The quantitative estimate of drug-likeness (QED) is 0.677. The highest BCUT2D eigenvalue weighted by atomic mass is 19.1. The summed E-state index contributed by atoms with van der Waals surface area (Å²) in [4.78, 5) is 0. The Morgan fingerprint density at radius 1 is 0.789 bits per heavy atom. The minimum Gasteiger partial charge on any atom is -0.247 e. The number of rotatable bonds is 2. The number of halogens is 1. The summed E-state index contributed by atoms with van der Waals surface area (Å²) in [5.41, 5.74) is 3.56. The Kier molecular flexibility index (Phi) is 3.63. The van der Waals surface area contributed by atoms with Gasteiger partial charge in [0.2, 0.25) is 0 Å². The number of alkyl halides is 1. The maximum atomic E-state index is 14.2. The van der Waals surface area contributed by atoms with E-state index < -0.39 is 6.17 Å². The fourth-order valence-electron chi connectivity index (χ4n) is 3.14. The molecule has 0 aliphatic heterocycles. The van der Waals surface area contributed by atoms with Crippen LogP contribution in [0.25, 0.3) is 11.1 Å². The third-order valence-electron chi connectivity index (χ3n) is 4.13. The van der Waals surface area contributed by atoms with E-state index in [1.165, 1.54) is 16.7 Å².